The predicted octanol–water partition coefficient (Wildman–Crippen LogP) is 5.39. The Morgan fingerprint density at radius 1 is 1.06 bits per heavy atom. The SMILES string of the molecule is CCC(C)(Oc1cc(C(=O)OCCS(=O)(=O)O)ccc1OC(F)(F)F)C12CC3CC(CC(C3)C1)C2. The van der Waals surface area contributed by atoms with Crippen LogP contribution in [0, 0.1) is 23.2 Å². The summed E-state index contributed by atoms with van der Waals surface area (Å²) in [6.45, 7) is 3.29. The minimum atomic E-state index is -4.96. The smallest absolute Gasteiger partial charge is 0.483 e. The van der Waals surface area contributed by atoms with Gasteiger partial charge < -0.3 is 14.2 Å². The minimum Gasteiger partial charge on any atom is -0.483 e. The molecule has 1 unspecified atom stereocenters. The molecule has 0 radical (unpaired) electrons. The second-order valence-corrected chi connectivity index (χ2v) is 12.1. The lowest BCUT2D eigenvalue weighted by molar-refractivity contribution is -0.275. The van der Waals surface area contributed by atoms with E-state index in [-0.39, 0.29) is 16.7 Å². The van der Waals surface area contributed by atoms with Gasteiger partial charge in [-0.1, -0.05) is 6.92 Å². The highest BCUT2D eigenvalue weighted by molar-refractivity contribution is 7.85. The molecule has 1 atom stereocenters. The zero-order valence-corrected chi connectivity index (χ0v) is 20.6. The zero-order valence-electron chi connectivity index (χ0n) is 19.8. The summed E-state index contributed by atoms with van der Waals surface area (Å²) in [6.07, 6.45) is 2.11. The molecular formula is C24H31F3O7S. The molecule has 4 bridgehead atoms. The summed E-state index contributed by atoms with van der Waals surface area (Å²) in [5, 5.41) is 0. The van der Waals surface area contributed by atoms with Crippen molar-refractivity contribution in [3.8, 4) is 11.5 Å². The fraction of sp³-hybridized carbons (Fsp3) is 0.708. The largest absolute Gasteiger partial charge is 0.573 e. The summed E-state index contributed by atoms with van der Waals surface area (Å²) >= 11 is 0. The van der Waals surface area contributed by atoms with E-state index < -0.39 is 46.2 Å². The van der Waals surface area contributed by atoms with Crippen LogP contribution in [0.15, 0.2) is 18.2 Å². The Bertz CT molecular complexity index is 1030. The van der Waals surface area contributed by atoms with Crippen LogP contribution in [0.3, 0.4) is 0 Å². The molecule has 4 fully saturated rings. The maximum Gasteiger partial charge on any atom is 0.573 e. The molecule has 196 valence electrons. The maximum atomic E-state index is 13.1. The fourth-order valence-corrected chi connectivity index (χ4v) is 7.10. The van der Waals surface area contributed by atoms with Crippen molar-refractivity contribution in [2.24, 2.45) is 23.2 Å². The van der Waals surface area contributed by atoms with Crippen molar-refractivity contribution in [2.45, 2.75) is 70.8 Å². The van der Waals surface area contributed by atoms with Crippen molar-refractivity contribution in [1.29, 1.82) is 0 Å². The van der Waals surface area contributed by atoms with E-state index in [9.17, 15) is 26.4 Å². The van der Waals surface area contributed by atoms with E-state index in [1.807, 2.05) is 13.8 Å². The van der Waals surface area contributed by atoms with Crippen LogP contribution in [0.5, 0.6) is 11.5 Å². The number of rotatable bonds is 9. The van der Waals surface area contributed by atoms with E-state index in [4.69, 9.17) is 14.0 Å². The zero-order chi connectivity index (χ0) is 25.6. The average molecular weight is 521 g/mol. The van der Waals surface area contributed by atoms with E-state index in [2.05, 4.69) is 4.74 Å². The Hall–Kier alpha value is -2.01. The van der Waals surface area contributed by atoms with Gasteiger partial charge in [-0.3, -0.25) is 4.55 Å². The summed E-state index contributed by atoms with van der Waals surface area (Å²) in [7, 11) is -4.33. The van der Waals surface area contributed by atoms with Gasteiger partial charge >= 0.3 is 12.3 Å². The van der Waals surface area contributed by atoms with Crippen molar-refractivity contribution in [3.63, 3.8) is 0 Å². The van der Waals surface area contributed by atoms with Gasteiger partial charge in [0.1, 0.15) is 18.0 Å². The topological polar surface area (TPSA) is 99.1 Å². The number of ether oxygens (including phenoxy) is 3. The highest BCUT2D eigenvalue weighted by Gasteiger charge is 2.59. The molecular weight excluding hydrogens is 489 g/mol. The van der Waals surface area contributed by atoms with Crippen LogP contribution >= 0.6 is 0 Å². The lowest BCUT2D eigenvalue weighted by Crippen LogP contribution is -2.59. The van der Waals surface area contributed by atoms with Gasteiger partial charge in [-0.15, -0.1) is 13.2 Å². The summed E-state index contributed by atoms with van der Waals surface area (Å²) in [4.78, 5) is 12.4. The minimum absolute atomic E-state index is 0.117. The third-order valence-corrected chi connectivity index (χ3v) is 8.83. The Kier molecular flexibility index (Phi) is 6.80. The molecule has 4 saturated carbocycles. The Labute approximate surface area is 203 Å². The van der Waals surface area contributed by atoms with Crippen LogP contribution in [0.4, 0.5) is 13.2 Å². The van der Waals surface area contributed by atoms with Crippen molar-refractivity contribution >= 4 is 16.1 Å². The van der Waals surface area contributed by atoms with Crippen molar-refractivity contribution in [1.82, 2.24) is 0 Å². The van der Waals surface area contributed by atoms with E-state index in [1.54, 1.807) is 0 Å². The molecule has 0 saturated heterocycles. The number of esters is 1. The first-order valence-electron chi connectivity index (χ1n) is 11.9. The predicted molar refractivity (Wildman–Crippen MR) is 120 cm³/mol. The van der Waals surface area contributed by atoms with Gasteiger partial charge in [-0.25, -0.2) is 4.79 Å². The number of carbonyl (C=O) groups is 1. The molecule has 0 heterocycles. The Balaban J connectivity index is 1.63. The first-order valence-corrected chi connectivity index (χ1v) is 13.5. The van der Waals surface area contributed by atoms with Gasteiger partial charge in [-0.2, -0.15) is 8.42 Å². The molecule has 1 aromatic rings. The normalized spacial score (nSPS) is 29.5. The Morgan fingerprint density at radius 3 is 2.11 bits per heavy atom. The molecule has 4 aliphatic carbocycles. The molecule has 0 spiro atoms. The Morgan fingerprint density at radius 2 is 1.63 bits per heavy atom. The van der Waals surface area contributed by atoms with Gasteiger partial charge in [-0.05, 0) is 87.8 Å². The number of benzene rings is 1. The maximum absolute atomic E-state index is 13.1. The summed E-state index contributed by atoms with van der Waals surface area (Å²) in [6, 6.07) is 3.24. The molecule has 0 amide bonds. The van der Waals surface area contributed by atoms with Gasteiger partial charge in [0.25, 0.3) is 10.1 Å². The van der Waals surface area contributed by atoms with E-state index >= 15 is 0 Å². The van der Waals surface area contributed by atoms with Crippen molar-refractivity contribution < 1.29 is 45.1 Å². The molecule has 1 aromatic carbocycles. The van der Waals surface area contributed by atoms with Crippen molar-refractivity contribution in [3.05, 3.63) is 23.8 Å². The molecule has 7 nitrogen and oxygen atoms in total. The van der Waals surface area contributed by atoms with Crippen LogP contribution in [-0.2, 0) is 14.9 Å². The summed E-state index contributed by atoms with van der Waals surface area (Å²) < 4.78 is 85.4. The molecule has 4 aliphatic rings. The number of halogens is 3. The fourth-order valence-electron chi connectivity index (χ4n) is 6.80. The first kappa shape index (κ1) is 26.1. The second kappa shape index (κ2) is 9.14. The number of carbonyl (C=O) groups excluding carboxylic acids is 1. The van der Waals surface area contributed by atoms with Crippen LogP contribution in [0.25, 0.3) is 0 Å². The van der Waals surface area contributed by atoms with Crippen LogP contribution in [-0.4, -0.2) is 43.3 Å². The first-order chi connectivity index (χ1) is 16.2. The quantitative estimate of drug-likeness (QED) is 0.344. The number of alkyl halides is 3. The van der Waals surface area contributed by atoms with E-state index in [0.29, 0.717) is 24.2 Å². The molecule has 1 N–H and O–H groups in total. The standard InChI is InChI=1S/C24H31F3O7S/c1-3-22(2,23-12-15-8-16(13-23)10-17(9-15)14-23)33-20-11-18(4-5-19(20)34-24(25,26)27)21(28)32-6-7-35(29,30)31/h4-5,11,15-17H,3,6-10,12-14H2,1-2H3,(H,29,30,31). The van der Waals surface area contributed by atoms with Gasteiger partial charge in [0, 0.05) is 5.41 Å². The summed E-state index contributed by atoms with van der Waals surface area (Å²) in [5.41, 5.74) is -1.06. The van der Waals surface area contributed by atoms with Crippen LogP contribution < -0.4 is 9.47 Å². The molecule has 0 aromatic heterocycles. The highest BCUT2D eigenvalue weighted by atomic mass is 32.2. The van der Waals surface area contributed by atoms with Crippen LogP contribution in [0.2, 0.25) is 0 Å². The molecule has 5 rings (SSSR count). The molecule has 0 aliphatic heterocycles. The van der Waals surface area contributed by atoms with E-state index in [0.717, 1.165) is 37.5 Å². The van der Waals surface area contributed by atoms with Gasteiger partial charge in [0.2, 0.25) is 0 Å². The summed E-state index contributed by atoms with van der Waals surface area (Å²) in [5.74, 6) is -0.715. The molecule has 35 heavy (non-hydrogen) atoms. The lowest BCUT2D eigenvalue weighted by Gasteiger charge is -2.62. The second-order valence-electron chi connectivity index (χ2n) is 10.5. The lowest BCUT2D eigenvalue weighted by atomic mass is 9.45. The average Bonchev–Trinajstić information content (AvgIpc) is 2.71. The number of hydrogen-bond acceptors (Lipinski definition) is 6. The highest BCUT2D eigenvalue weighted by Crippen LogP contribution is 2.65. The monoisotopic (exact) mass is 520 g/mol. The van der Waals surface area contributed by atoms with E-state index in [1.165, 1.54) is 19.3 Å². The van der Waals surface area contributed by atoms with Gasteiger partial charge in [0.15, 0.2) is 11.5 Å². The van der Waals surface area contributed by atoms with Gasteiger partial charge in [0.05, 0.1) is 5.56 Å². The van der Waals surface area contributed by atoms with Crippen molar-refractivity contribution in [2.75, 3.05) is 12.4 Å². The third kappa shape index (κ3) is 5.71. The number of hydrogen-bond donors (Lipinski definition) is 1. The molecule has 11 heteroatoms. The van der Waals surface area contributed by atoms with Crippen LogP contribution in [0.1, 0.15) is 69.2 Å². The third-order valence-electron chi connectivity index (χ3n) is 8.15.